The molecule has 0 aromatic rings. The fourth-order valence-electron chi connectivity index (χ4n) is 0.381. The van der Waals surface area contributed by atoms with Crippen molar-refractivity contribution in [1.29, 1.82) is 0 Å². The molecule has 0 spiro atoms. The van der Waals surface area contributed by atoms with E-state index >= 15 is 0 Å². The summed E-state index contributed by atoms with van der Waals surface area (Å²) in [6.45, 7) is 0. The van der Waals surface area contributed by atoms with Gasteiger partial charge >= 0.3 is 11.9 Å². The van der Waals surface area contributed by atoms with E-state index in [0.29, 0.717) is 6.08 Å². The molecule has 0 rings (SSSR count). The van der Waals surface area contributed by atoms with E-state index in [9.17, 15) is 14.4 Å². The van der Waals surface area contributed by atoms with E-state index < -0.39 is 28.1 Å². The fourth-order valence-corrected chi connectivity index (χ4v) is 0.552. The standard InChI is InChI=1S/C6H4Cl2O5/c7-2(5(10)11)1-3(9)4(8)6(12)13/h1,4H,(H,10,11)(H,12,13)/b2-1-. The minimum absolute atomic E-state index is 0.454. The van der Waals surface area contributed by atoms with E-state index in [2.05, 4.69) is 0 Å². The van der Waals surface area contributed by atoms with Crippen LogP contribution >= 0.6 is 23.2 Å². The second kappa shape index (κ2) is 4.84. The number of carboxylic acid groups (broad SMARTS) is 2. The van der Waals surface area contributed by atoms with Crippen molar-refractivity contribution in [3.8, 4) is 0 Å². The summed E-state index contributed by atoms with van der Waals surface area (Å²) in [5.74, 6) is -4.16. The summed E-state index contributed by atoms with van der Waals surface area (Å²) >= 11 is 10.1. The third-order valence-electron chi connectivity index (χ3n) is 0.940. The number of carboxylic acids is 2. The van der Waals surface area contributed by atoms with Crippen molar-refractivity contribution >= 4 is 40.9 Å². The van der Waals surface area contributed by atoms with Gasteiger partial charge in [-0.1, -0.05) is 11.6 Å². The highest BCUT2D eigenvalue weighted by Crippen LogP contribution is 2.05. The normalized spacial score (nSPS) is 13.5. The first-order chi connectivity index (χ1) is 5.86. The molecule has 0 bridgehead atoms. The van der Waals surface area contributed by atoms with Crippen LogP contribution in [-0.2, 0) is 14.4 Å². The second-order valence-electron chi connectivity index (χ2n) is 1.90. The molecule has 7 heteroatoms. The van der Waals surface area contributed by atoms with Crippen molar-refractivity contribution in [3.05, 3.63) is 11.1 Å². The number of ketones is 1. The third kappa shape index (κ3) is 3.91. The molecule has 72 valence electrons. The lowest BCUT2D eigenvalue weighted by Gasteiger charge is -1.97. The minimum atomic E-state index is -1.81. The van der Waals surface area contributed by atoms with Gasteiger partial charge in [0.15, 0.2) is 11.2 Å². The van der Waals surface area contributed by atoms with Crippen molar-refractivity contribution in [1.82, 2.24) is 0 Å². The number of alkyl halides is 1. The Balaban J connectivity index is 4.56. The van der Waals surface area contributed by atoms with Crippen LogP contribution in [0.3, 0.4) is 0 Å². The van der Waals surface area contributed by atoms with Gasteiger partial charge in [-0.2, -0.15) is 0 Å². The SMILES string of the molecule is O=C(O)/C(Cl)=C/C(=O)C(Cl)C(=O)O. The van der Waals surface area contributed by atoms with Gasteiger partial charge in [0.05, 0.1) is 0 Å². The average Bonchev–Trinajstić information content (AvgIpc) is 2.02. The Bertz CT molecular complexity index is 283. The summed E-state index contributed by atoms with van der Waals surface area (Å²) in [6.07, 6.45) is 0.454. The zero-order chi connectivity index (χ0) is 10.6. The van der Waals surface area contributed by atoms with Crippen LogP contribution in [-0.4, -0.2) is 33.3 Å². The molecule has 0 saturated heterocycles. The monoisotopic (exact) mass is 226 g/mol. The van der Waals surface area contributed by atoms with Crippen LogP contribution in [0.4, 0.5) is 0 Å². The molecule has 5 nitrogen and oxygen atoms in total. The first-order valence-corrected chi connectivity index (χ1v) is 3.69. The van der Waals surface area contributed by atoms with Crippen LogP contribution in [0.2, 0.25) is 0 Å². The summed E-state index contributed by atoms with van der Waals surface area (Å²) in [6, 6.07) is 0. The van der Waals surface area contributed by atoms with Crippen LogP contribution in [0.5, 0.6) is 0 Å². The highest BCUT2D eigenvalue weighted by Gasteiger charge is 2.22. The molecule has 0 fully saturated rings. The molecule has 0 aliphatic rings. The van der Waals surface area contributed by atoms with Gasteiger partial charge in [-0.15, -0.1) is 11.6 Å². The number of hydrogen-bond acceptors (Lipinski definition) is 3. The average molecular weight is 227 g/mol. The van der Waals surface area contributed by atoms with Crippen molar-refractivity contribution < 1.29 is 24.6 Å². The van der Waals surface area contributed by atoms with Crippen molar-refractivity contribution in [2.45, 2.75) is 5.38 Å². The maximum Gasteiger partial charge on any atom is 0.347 e. The van der Waals surface area contributed by atoms with E-state index in [1.807, 2.05) is 0 Å². The fraction of sp³-hybridized carbons (Fsp3) is 0.167. The van der Waals surface area contributed by atoms with Crippen LogP contribution in [0, 0.1) is 0 Å². The lowest BCUT2D eigenvalue weighted by Crippen LogP contribution is -2.22. The summed E-state index contributed by atoms with van der Waals surface area (Å²) in [4.78, 5) is 31.0. The Morgan fingerprint density at radius 2 is 1.69 bits per heavy atom. The first kappa shape index (κ1) is 11.9. The number of allylic oxidation sites excluding steroid dienone is 1. The highest BCUT2D eigenvalue weighted by atomic mass is 35.5. The predicted octanol–water partition coefficient (Wildman–Crippen LogP) is 0.455. The smallest absolute Gasteiger partial charge is 0.347 e. The molecule has 0 aliphatic heterocycles. The molecule has 0 amide bonds. The lowest BCUT2D eigenvalue weighted by molar-refractivity contribution is -0.139. The lowest BCUT2D eigenvalue weighted by atomic mass is 10.2. The molecule has 0 radical (unpaired) electrons. The molecule has 1 atom stereocenters. The topological polar surface area (TPSA) is 91.7 Å². The number of carbonyl (C=O) groups excluding carboxylic acids is 1. The van der Waals surface area contributed by atoms with E-state index in [0.717, 1.165) is 0 Å². The molecule has 13 heavy (non-hydrogen) atoms. The van der Waals surface area contributed by atoms with E-state index in [-0.39, 0.29) is 0 Å². The molecular formula is C6H4Cl2O5. The molecule has 1 unspecified atom stereocenters. The van der Waals surface area contributed by atoms with E-state index in [1.165, 1.54) is 0 Å². The van der Waals surface area contributed by atoms with Crippen molar-refractivity contribution in [2.24, 2.45) is 0 Å². The predicted molar refractivity (Wildman–Crippen MR) is 43.9 cm³/mol. The Labute approximate surface area is 82.6 Å². The van der Waals surface area contributed by atoms with Crippen LogP contribution < -0.4 is 0 Å². The minimum Gasteiger partial charge on any atom is -0.480 e. The molecule has 0 heterocycles. The Hall–Kier alpha value is -1.07. The highest BCUT2D eigenvalue weighted by molar-refractivity contribution is 6.46. The zero-order valence-corrected chi connectivity index (χ0v) is 7.54. The van der Waals surface area contributed by atoms with Crippen LogP contribution in [0.15, 0.2) is 11.1 Å². The van der Waals surface area contributed by atoms with Gasteiger partial charge in [0, 0.05) is 6.08 Å². The second-order valence-corrected chi connectivity index (χ2v) is 2.74. The van der Waals surface area contributed by atoms with Gasteiger partial charge in [-0.3, -0.25) is 9.59 Å². The number of rotatable bonds is 4. The summed E-state index contributed by atoms with van der Waals surface area (Å²) in [5.41, 5.74) is 0. The van der Waals surface area contributed by atoms with E-state index in [1.54, 1.807) is 0 Å². The van der Waals surface area contributed by atoms with Gasteiger partial charge < -0.3 is 10.2 Å². The summed E-state index contributed by atoms with van der Waals surface area (Å²) in [5, 5.41) is 13.8. The maximum atomic E-state index is 10.8. The third-order valence-corrected chi connectivity index (χ3v) is 1.61. The van der Waals surface area contributed by atoms with Crippen LogP contribution in [0.25, 0.3) is 0 Å². The Morgan fingerprint density at radius 3 is 2.00 bits per heavy atom. The molecule has 0 aromatic heterocycles. The van der Waals surface area contributed by atoms with Crippen molar-refractivity contribution in [2.75, 3.05) is 0 Å². The number of halogens is 2. The largest absolute Gasteiger partial charge is 0.480 e. The maximum absolute atomic E-state index is 10.8. The molecule has 0 aromatic carbocycles. The Morgan fingerprint density at radius 1 is 1.23 bits per heavy atom. The Kier molecular flexibility index (Phi) is 4.44. The zero-order valence-electron chi connectivity index (χ0n) is 6.03. The van der Waals surface area contributed by atoms with Gasteiger partial charge in [-0.25, -0.2) is 4.79 Å². The van der Waals surface area contributed by atoms with Gasteiger partial charge in [0.25, 0.3) is 0 Å². The first-order valence-electron chi connectivity index (χ1n) is 2.87. The van der Waals surface area contributed by atoms with E-state index in [4.69, 9.17) is 33.4 Å². The van der Waals surface area contributed by atoms with Crippen molar-refractivity contribution in [3.63, 3.8) is 0 Å². The number of aliphatic carboxylic acids is 2. The van der Waals surface area contributed by atoms with Gasteiger partial charge in [0.2, 0.25) is 0 Å². The van der Waals surface area contributed by atoms with Gasteiger partial charge in [0.1, 0.15) is 5.03 Å². The summed E-state index contributed by atoms with van der Waals surface area (Å²) in [7, 11) is 0. The quantitative estimate of drug-likeness (QED) is 0.413. The molecule has 0 saturated carbocycles. The number of carbonyl (C=O) groups is 3. The molecule has 0 aliphatic carbocycles. The molecule has 2 N–H and O–H groups in total. The van der Waals surface area contributed by atoms with Gasteiger partial charge in [-0.05, 0) is 0 Å². The van der Waals surface area contributed by atoms with Crippen LogP contribution in [0.1, 0.15) is 0 Å². The number of hydrogen-bond donors (Lipinski definition) is 2. The summed E-state index contributed by atoms with van der Waals surface area (Å²) < 4.78 is 0. The molecular weight excluding hydrogens is 223 g/mol.